The number of rotatable bonds is 11. The van der Waals surface area contributed by atoms with Gasteiger partial charge < -0.3 is 26.4 Å². The number of nitrogens with two attached hydrogens (primary N) is 2. The summed E-state index contributed by atoms with van der Waals surface area (Å²) in [6, 6.07) is -0.137. The number of allylic oxidation sites excluding steroid dienone is 1. The number of hydrogen-bond donors (Lipinski definition) is 4. The first kappa shape index (κ1) is 28.7. The third-order valence-corrected chi connectivity index (χ3v) is 5.48. The largest absolute Gasteiger partial charge is 0.381 e. The van der Waals surface area contributed by atoms with E-state index >= 15 is 0 Å². The first-order valence-corrected chi connectivity index (χ1v) is 12.7. The summed E-state index contributed by atoms with van der Waals surface area (Å²) in [4.78, 5) is 23.0. The summed E-state index contributed by atoms with van der Waals surface area (Å²) >= 11 is 0. The summed E-state index contributed by atoms with van der Waals surface area (Å²) in [5, 5.41) is 5.89. The molecule has 2 amide bonds. The molecule has 0 radical (unpaired) electrons. The van der Waals surface area contributed by atoms with Crippen molar-refractivity contribution >= 4 is 18.0 Å². The van der Waals surface area contributed by atoms with Crippen LogP contribution in [0.1, 0.15) is 77.6 Å². The number of urea groups is 1. The summed E-state index contributed by atoms with van der Waals surface area (Å²) in [6.45, 7) is 7.01. The number of carbonyl (C=O) groups excluding carboxylic acids is 1. The molecule has 1 aliphatic rings. The lowest BCUT2D eigenvalue weighted by Gasteiger charge is -2.23. The zero-order chi connectivity index (χ0) is 24.0. The normalized spacial score (nSPS) is 17.8. The van der Waals surface area contributed by atoms with E-state index in [9.17, 15) is 4.79 Å². The molecule has 1 heterocycles. The van der Waals surface area contributed by atoms with Crippen molar-refractivity contribution in [3.05, 3.63) is 12.2 Å². The second kappa shape index (κ2) is 20.3. The van der Waals surface area contributed by atoms with Gasteiger partial charge in [0.15, 0.2) is 11.9 Å². The van der Waals surface area contributed by atoms with Gasteiger partial charge in [-0.1, -0.05) is 50.7 Å². The van der Waals surface area contributed by atoms with E-state index in [0.29, 0.717) is 25.7 Å². The molecule has 1 rings (SSSR count). The summed E-state index contributed by atoms with van der Waals surface area (Å²) in [6.07, 6.45) is 15.8. The fourth-order valence-corrected chi connectivity index (χ4v) is 3.54. The van der Waals surface area contributed by atoms with Crippen LogP contribution in [0, 0.1) is 0 Å². The van der Waals surface area contributed by atoms with Crippen molar-refractivity contribution in [1.29, 1.82) is 0 Å². The molecule has 0 fully saturated rings. The monoisotopic (exact) mass is 465 g/mol. The Bertz CT molecular complexity index is 593. The van der Waals surface area contributed by atoms with Crippen LogP contribution in [0.25, 0.3) is 0 Å². The molecule has 0 aromatic carbocycles. The summed E-state index contributed by atoms with van der Waals surface area (Å²) < 4.78 is 5.60. The third-order valence-electron chi connectivity index (χ3n) is 5.48. The van der Waals surface area contributed by atoms with Crippen LogP contribution in [-0.2, 0) is 4.74 Å². The maximum absolute atomic E-state index is 12.6. The predicted octanol–water partition coefficient (Wildman–Crippen LogP) is 3.11. The fourth-order valence-electron chi connectivity index (χ4n) is 3.54. The molecule has 0 atom stereocenters. The SMILES string of the molecule is C/C=C/CN=C(N)NCCCCCCCCN1CCCCCCOCCCN=C(N)NC1=O. The number of guanidine groups is 2. The molecule has 0 spiro atoms. The van der Waals surface area contributed by atoms with E-state index in [4.69, 9.17) is 16.2 Å². The van der Waals surface area contributed by atoms with E-state index in [-0.39, 0.29) is 12.0 Å². The second-order valence-corrected chi connectivity index (χ2v) is 8.41. The van der Waals surface area contributed by atoms with Crippen molar-refractivity contribution in [2.24, 2.45) is 21.5 Å². The summed E-state index contributed by atoms with van der Waals surface area (Å²) in [5.74, 6) is 0.708. The smallest absolute Gasteiger partial charge is 0.324 e. The van der Waals surface area contributed by atoms with Crippen LogP contribution < -0.4 is 22.1 Å². The first-order chi connectivity index (χ1) is 16.1. The van der Waals surface area contributed by atoms with Gasteiger partial charge in [0.1, 0.15) is 0 Å². The zero-order valence-corrected chi connectivity index (χ0v) is 20.7. The van der Waals surface area contributed by atoms with E-state index in [1.54, 1.807) is 0 Å². The van der Waals surface area contributed by atoms with E-state index < -0.39 is 0 Å². The molecule has 0 saturated heterocycles. The van der Waals surface area contributed by atoms with Crippen molar-refractivity contribution < 1.29 is 9.53 Å². The van der Waals surface area contributed by atoms with Crippen LogP contribution in [0.15, 0.2) is 22.1 Å². The van der Waals surface area contributed by atoms with Crippen LogP contribution in [0.5, 0.6) is 0 Å². The van der Waals surface area contributed by atoms with E-state index in [2.05, 4.69) is 20.6 Å². The van der Waals surface area contributed by atoms with Crippen molar-refractivity contribution in [3.8, 4) is 0 Å². The average Bonchev–Trinajstić information content (AvgIpc) is 2.80. The van der Waals surface area contributed by atoms with Crippen molar-refractivity contribution in [2.75, 3.05) is 45.9 Å². The molecular weight excluding hydrogens is 418 g/mol. The van der Waals surface area contributed by atoms with Crippen LogP contribution in [0.3, 0.4) is 0 Å². The Morgan fingerprint density at radius 2 is 1.85 bits per heavy atom. The Balaban J connectivity index is 2.23. The fraction of sp³-hybridized carbons (Fsp3) is 0.792. The van der Waals surface area contributed by atoms with Crippen molar-refractivity contribution in [2.45, 2.75) is 77.6 Å². The minimum absolute atomic E-state index is 0.137. The van der Waals surface area contributed by atoms with E-state index in [1.165, 1.54) is 12.8 Å². The lowest BCUT2D eigenvalue weighted by atomic mass is 10.1. The highest BCUT2D eigenvalue weighted by molar-refractivity contribution is 5.95. The molecule has 190 valence electrons. The standard InChI is InChI=1S/C24H47N7O2/c1-2-3-15-27-22(25)28-16-10-6-4-5-7-11-18-31-19-12-8-9-13-20-33-21-14-17-29-23(26)30-24(31)32/h2-3H,4-21H2,1H3,(H3,25,27,28)(H3,26,29,30,32)/b3-2+. The summed E-state index contributed by atoms with van der Waals surface area (Å²) in [5.41, 5.74) is 11.7. The Morgan fingerprint density at radius 1 is 1.12 bits per heavy atom. The minimum Gasteiger partial charge on any atom is -0.381 e. The van der Waals surface area contributed by atoms with Crippen LogP contribution in [0.2, 0.25) is 0 Å². The molecule has 0 unspecified atom stereocenters. The molecular formula is C24H47N7O2. The number of nitrogens with one attached hydrogen (secondary N) is 2. The number of amides is 2. The van der Waals surface area contributed by atoms with Gasteiger partial charge in [0.2, 0.25) is 0 Å². The molecule has 0 saturated carbocycles. The van der Waals surface area contributed by atoms with Gasteiger partial charge in [0.05, 0.1) is 6.54 Å². The van der Waals surface area contributed by atoms with Gasteiger partial charge in [-0.15, -0.1) is 0 Å². The van der Waals surface area contributed by atoms with Crippen molar-refractivity contribution in [3.63, 3.8) is 0 Å². The molecule has 1 aliphatic heterocycles. The predicted molar refractivity (Wildman–Crippen MR) is 138 cm³/mol. The van der Waals surface area contributed by atoms with E-state index in [0.717, 1.165) is 84.0 Å². The number of carbonyl (C=O) groups is 1. The van der Waals surface area contributed by atoms with Crippen LogP contribution in [-0.4, -0.2) is 68.8 Å². The van der Waals surface area contributed by atoms with Gasteiger partial charge in [-0.05, 0) is 39.0 Å². The van der Waals surface area contributed by atoms with E-state index in [1.807, 2.05) is 24.0 Å². The molecule has 6 N–H and O–H groups in total. The highest BCUT2D eigenvalue weighted by Gasteiger charge is 2.14. The Kier molecular flexibility index (Phi) is 17.7. The van der Waals surface area contributed by atoms with Crippen molar-refractivity contribution in [1.82, 2.24) is 15.5 Å². The molecule has 0 aromatic rings. The van der Waals surface area contributed by atoms with Gasteiger partial charge in [-0.25, -0.2) is 9.79 Å². The number of hydrogen-bond acceptors (Lipinski definition) is 5. The number of ether oxygens (including phenoxy) is 1. The number of nitrogens with zero attached hydrogens (tertiary/aromatic N) is 3. The Labute approximate surface area is 200 Å². The zero-order valence-electron chi connectivity index (χ0n) is 20.7. The maximum Gasteiger partial charge on any atom is 0.324 e. The van der Waals surface area contributed by atoms with Crippen LogP contribution in [0.4, 0.5) is 4.79 Å². The Morgan fingerprint density at radius 3 is 2.67 bits per heavy atom. The first-order valence-electron chi connectivity index (χ1n) is 12.7. The average molecular weight is 466 g/mol. The number of unbranched alkanes of at least 4 members (excludes halogenated alkanes) is 5. The highest BCUT2D eigenvalue weighted by Crippen LogP contribution is 2.08. The molecule has 0 bridgehead atoms. The van der Waals surface area contributed by atoms with Crippen LogP contribution >= 0.6 is 0 Å². The summed E-state index contributed by atoms with van der Waals surface area (Å²) in [7, 11) is 0. The second-order valence-electron chi connectivity index (χ2n) is 8.41. The molecule has 9 nitrogen and oxygen atoms in total. The maximum atomic E-state index is 12.6. The highest BCUT2D eigenvalue weighted by atomic mass is 16.5. The topological polar surface area (TPSA) is 130 Å². The molecule has 33 heavy (non-hydrogen) atoms. The lowest BCUT2D eigenvalue weighted by Crippen LogP contribution is -2.46. The number of aliphatic imine (C=N–C) groups is 2. The van der Waals surface area contributed by atoms with Gasteiger partial charge in [-0.3, -0.25) is 10.3 Å². The molecule has 9 heteroatoms. The minimum atomic E-state index is -0.137. The van der Waals surface area contributed by atoms with Gasteiger partial charge in [0, 0.05) is 39.4 Å². The van der Waals surface area contributed by atoms with Gasteiger partial charge >= 0.3 is 6.03 Å². The molecule has 0 aliphatic carbocycles. The lowest BCUT2D eigenvalue weighted by molar-refractivity contribution is 0.129. The van der Waals surface area contributed by atoms with Gasteiger partial charge in [0.25, 0.3) is 0 Å². The quantitative estimate of drug-likeness (QED) is 0.161. The Hall–Kier alpha value is -2.29. The van der Waals surface area contributed by atoms with Gasteiger partial charge in [-0.2, -0.15) is 0 Å². The third kappa shape index (κ3) is 16.9. The molecule has 0 aromatic heterocycles.